The van der Waals surface area contributed by atoms with E-state index in [-0.39, 0.29) is 11.8 Å². The highest BCUT2D eigenvalue weighted by atomic mass is 32.1. The quantitative estimate of drug-likeness (QED) is 0.762. The van der Waals surface area contributed by atoms with E-state index in [1.165, 1.54) is 0 Å². The van der Waals surface area contributed by atoms with Crippen LogP contribution < -0.4 is 5.32 Å². The molecule has 0 saturated heterocycles. The molecule has 2 heterocycles. The summed E-state index contributed by atoms with van der Waals surface area (Å²) in [5.41, 5.74) is 2.71. The molecule has 3 rings (SSSR count). The standard InChI is InChI=1S/C17H16N2O2S/c1-11(2)16(20)18-13-7-5-12(6-8-13)14-10-22-17(19-14)15-4-3-9-21-15/h3-11H,1-2H3,(H,18,20). The predicted octanol–water partition coefficient (Wildman–Crippen LogP) is 4.66. The third-order valence-electron chi connectivity index (χ3n) is 3.21. The number of thiazole rings is 1. The maximum absolute atomic E-state index is 11.7. The van der Waals surface area contributed by atoms with Gasteiger partial charge in [0.15, 0.2) is 10.8 Å². The van der Waals surface area contributed by atoms with Crippen LogP contribution >= 0.6 is 11.3 Å². The second-order valence-corrected chi connectivity index (χ2v) is 6.09. The topological polar surface area (TPSA) is 55.1 Å². The summed E-state index contributed by atoms with van der Waals surface area (Å²) in [6, 6.07) is 11.4. The average Bonchev–Trinajstić information content (AvgIpc) is 3.19. The summed E-state index contributed by atoms with van der Waals surface area (Å²) in [5.74, 6) is 0.757. The fourth-order valence-corrected chi connectivity index (χ4v) is 2.73. The van der Waals surface area contributed by atoms with Crippen molar-refractivity contribution in [2.75, 3.05) is 5.32 Å². The number of carbonyl (C=O) groups excluding carboxylic acids is 1. The van der Waals surface area contributed by atoms with E-state index in [4.69, 9.17) is 4.42 Å². The van der Waals surface area contributed by atoms with Crippen LogP contribution in [0.5, 0.6) is 0 Å². The Morgan fingerprint density at radius 3 is 2.64 bits per heavy atom. The summed E-state index contributed by atoms with van der Waals surface area (Å²) < 4.78 is 5.35. The summed E-state index contributed by atoms with van der Waals surface area (Å²) in [5, 5.41) is 5.73. The van der Waals surface area contributed by atoms with Crippen molar-refractivity contribution >= 4 is 22.9 Å². The smallest absolute Gasteiger partial charge is 0.226 e. The lowest BCUT2D eigenvalue weighted by Gasteiger charge is -2.07. The first-order valence-electron chi connectivity index (χ1n) is 7.04. The van der Waals surface area contributed by atoms with Crippen molar-refractivity contribution in [2.45, 2.75) is 13.8 Å². The van der Waals surface area contributed by atoms with Crippen LogP contribution in [0.15, 0.2) is 52.5 Å². The lowest BCUT2D eigenvalue weighted by molar-refractivity contribution is -0.118. The highest BCUT2D eigenvalue weighted by Crippen LogP contribution is 2.29. The highest BCUT2D eigenvalue weighted by Gasteiger charge is 2.10. The van der Waals surface area contributed by atoms with Crippen LogP contribution in [0.4, 0.5) is 5.69 Å². The van der Waals surface area contributed by atoms with Gasteiger partial charge in [-0.15, -0.1) is 11.3 Å². The number of nitrogens with zero attached hydrogens (tertiary/aromatic N) is 1. The van der Waals surface area contributed by atoms with Crippen molar-refractivity contribution in [1.29, 1.82) is 0 Å². The van der Waals surface area contributed by atoms with Gasteiger partial charge in [-0.3, -0.25) is 4.79 Å². The lowest BCUT2D eigenvalue weighted by atomic mass is 10.1. The van der Waals surface area contributed by atoms with Crippen LogP contribution in [-0.4, -0.2) is 10.9 Å². The van der Waals surface area contributed by atoms with Gasteiger partial charge in [-0.25, -0.2) is 4.98 Å². The number of nitrogens with one attached hydrogen (secondary N) is 1. The van der Waals surface area contributed by atoms with Gasteiger partial charge in [0.2, 0.25) is 5.91 Å². The predicted molar refractivity (Wildman–Crippen MR) is 88.7 cm³/mol. The van der Waals surface area contributed by atoms with Gasteiger partial charge in [0, 0.05) is 22.5 Å². The molecule has 112 valence electrons. The van der Waals surface area contributed by atoms with Crippen molar-refractivity contribution in [3.05, 3.63) is 48.0 Å². The SMILES string of the molecule is CC(C)C(=O)Nc1ccc(-c2csc(-c3ccco3)n2)cc1. The molecule has 0 aliphatic rings. The molecule has 4 nitrogen and oxygen atoms in total. The molecular formula is C17H16N2O2S. The van der Waals surface area contributed by atoms with Gasteiger partial charge in [0.05, 0.1) is 12.0 Å². The minimum atomic E-state index is -0.0333. The van der Waals surface area contributed by atoms with E-state index in [0.717, 1.165) is 27.7 Å². The second kappa shape index (κ2) is 6.15. The summed E-state index contributed by atoms with van der Waals surface area (Å²) >= 11 is 1.55. The molecule has 0 saturated carbocycles. The van der Waals surface area contributed by atoms with Gasteiger partial charge in [0.25, 0.3) is 0 Å². The Balaban J connectivity index is 1.77. The van der Waals surface area contributed by atoms with Crippen LogP contribution in [0.2, 0.25) is 0 Å². The Morgan fingerprint density at radius 1 is 1.23 bits per heavy atom. The number of hydrogen-bond donors (Lipinski definition) is 1. The fraction of sp³-hybridized carbons (Fsp3) is 0.176. The van der Waals surface area contributed by atoms with E-state index in [1.807, 2.05) is 55.6 Å². The zero-order chi connectivity index (χ0) is 15.5. The van der Waals surface area contributed by atoms with Crippen molar-refractivity contribution in [1.82, 2.24) is 4.98 Å². The van der Waals surface area contributed by atoms with Crippen LogP contribution in [0.25, 0.3) is 22.0 Å². The molecule has 22 heavy (non-hydrogen) atoms. The number of hydrogen-bond acceptors (Lipinski definition) is 4. The monoisotopic (exact) mass is 312 g/mol. The zero-order valence-corrected chi connectivity index (χ0v) is 13.2. The number of benzene rings is 1. The molecule has 0 spiro atoms. The number of furan rings is 1. The summed E-state index contributed by atoms with van der Waals surface area (Å²) in [7, 11) is 0. The zero-order valence-electron chi connectivity index (χ0n) is 12.4. The van der Waals surface area contributed by atoms with E-state index in [9.17, 15) is 4.79 Å². The largest absolute Gasteiger partial charge is 0.462 e. The Morgan fingerprint density at radius 2 is 2.00 bits per heavy atom. The van der Waals surface area contributed by atoms with E-state index < -0.39 is 0 Å². The van der Waals surface area contributed by atoms with E-state index >= 15 is 0 Å². The van der Waals surface area contributed by atoms with Gasteiger partial charge in [-0.2, -0.15) is 0 Å². The summed E-state index contributed by atoms with van der Waals surface area (Å²) in [6.07, 6.45) is 1.64. The normalized spacial score (nSPS) is 10.9. The molecule has 0 radical (unpaired) electrons. The van der Waals surface area contributed by atoms with Crippen LogP contribution in [-0.2, 0) is 4.79 Å². The molecule has 1 amide bonds. The molecule has 1 aromatic carbocycles. The molecular weight excluding hydrogens is 296 g/mol. The third-order valence-corrected chi connectivity index (χ3v) is 4.07. The van der Waals surface area contributed by atoms with Crippen molar-refractivity contribution in [3.8, 4) is 22.0 Å². The summed E-state index contributed by atoms with van der Waals surface area (Å²) in [6.45, 7) is 3.74. The number of amides is 1. The van der Waals surface area contributed by atoms with E-state index in [0.29, 0.717) is 0 Å². The fourth-order valence-electron chi connectivity index (χ4n) is 1.93. The van der Waals surface area contributed by atoms with Crippen molar-refractivity contribution < 1.29 is 9.21 Å². The number of aromatic nitrogens is 1. The first-order chi connectivity index (χ1) is 10.6. The number of anilines is 1. The molecule has 0 unspecified atom stereocenters. The van der Waals surface area contributed by atoms with Crippen LogP contribution in [0.1, 0.15) is 13.8 Å². The van der Waals surface area contributed by atoms with Crippen LogP contribution in [0, 0.1) is 5.92 Å². The first-order valence-corrected chi connectivity index (χ1v) is 7.92. The highest BCUT2D eigenvalue weighted by molar-refractivity contribution is 7.13. The van der Waals surface area contributed by atoms with Gasteiger partial charge in [0.1, 0.15) is 0 Å². The lowest BCUT2D eigenvalue weighted by Crippen LogP contribution is -2.17. The van der Waals surface area contributed by atoms with E-state index in [2.05, 4.69) is 10.3 Å². The van der Waals surface area contributed by atoms with Gasteiger partial charge >= 0.3 is 0 Å². The average molecular weight is 312 g/mol. The van der Waals surface area contributed by atoms with Crippen LogP contribution in [0.3, 0.4) is 0 Å². The summed E-state index contributed by atoms with van der Waals surface area (Å²) in [4.78, 5) is 16.2. The van der Waals surface area contributed by atoms with Gasteiger partial charge < -0.3 is 9.73 Å². The first kappa shape index (κ1) is 14.5. The molecule has 1 N–H and O–H groups in total. The Hall–Kier alpha value is -2.40. The van der Waals surface area contributed by atoms with Gasteiger partial charge in [-0.05, 0) is 24.3 Å². The Labute approximate surface area is 132 Å². The molecule has 2 aromatic heterocycles. The molecule has 5 heteroatoms. The molecule has 0 bridgehead atoms. The Bertz CT molecular complexity index is 758. The maximum Gasteiger partial charge on any atom is 0.226 e. The second-order valence-electron chi connectivity index (χ2n) is 5.24. The molecule has 0 aliphatic carbocycles. The van der Waals surface area contributed by atoms with E-state index in [1.54, 1.807) is 17.6 Å². The van der Waals surface area contributed by atoms with Crippen molar-refractivity contribution in [3.63, 3.8) is 0 Å². The Kier molecular flexibility index (Phi) is 4.06. The maximum atomic E-state index is 11.7. The molecule has 0 aliphatic heterocycles. The van der Waals surface area contributed by atoms with Gasteiger partial charge in [-0.1, -0.05) is 26.0 Å². The minimum absolute atomic E-state index is 0.0153. The molecule has 0 atom stereocenters. The number of carbonyl (C=O) groups is 1. The molecule has 3 aromatic rings. The minimum Gasteiger partial charge on any atom is -0.462 e. The third kappa shape index (κ3) is 3.09. The number of rotatable bonds is 4. The molecule has 0 fully saturated rings. The van der Waals surface area contributed by atoms with Crippen molar-refractivity contribution in [2.24, 2.45) is 5.92 Å².